The van der Waals surface area contributed by atoms with Crippen LogP contribution in [0.25, 0.3) is 0 Å². The van der Waals surface area contributed by atoms with Crippen LogP contribution >= 0.6 is 0 Å². The predicted octanol–water partition coefficient (Wildman–Crippen LogP) is -2.50. The highest BCUT2D eigenvalue weighted by atomic mass is 15.1. The van der Waals surface area contributed by atoms with E-state index in [1.807, 2.05) is 0 Å². The van der Waals surface area contributed by atoms with E-state index in [0.29, 0.717) is 19.6 Å². The van der Waals surface area contributed by atoms with Gasteiger partial charge < -0.3 is 39.3 Å². The lowest BCUT2D eigenvalue weighted by molar-refractivity contribution is 0.268. The van der Waals surface area contributed by atoms with E-state index in [1.165, 1.54) is 0 Å². The molecule has 0 saturated carbocycles. The van der Waals surface area contributed by atoms with Crippen molar-refractivity contribution in [1.82, 2.24) is 9.80 Å². The van der Waals surface area contributed by atoms with E-state index in [4.69, 9.17) is 34.4 Å². The minimum absolute atomic E-state index is 0.681. The molecule has 0 atom stereocenters. The summed E-state index contributed by atoms with van der Waals surface area (Å²) in [7, 11) is 0. The topological polar surface area (TPSA) is 163 Å². The Morgan fingerprint density at radius 2 is 0.609 bits per heavy atom. The first-order valence-corrected chi connectivity index (χ1v) is 8.85. The third-order valence-corrected chi connectivity index (χ3v) is 3.37. The Morgan fingerprint density at radius 1 is 0.348 bits per heavy atom. The normalized spacial score (nSPS) is 11.0. The molecule has 0 amide bonds. The highest BCUT2D eigenvalue weighted by Crippen LogP contribution is 1.94. The average Bonchev–Trinajstić information content (AvgIpc) is 2.55. The number of nitrogens with zero attached hydrogens (tertiary/aromatic N) is 2. The van der Waals surface area contributed by atoms with Crippen LogP contribution in [0.1, 0.15) is 19.3 Å². The molecule has 8 nitrogen and oxygen atoms in total. The van der Waals surface area contributed by atoms with Crippen LogP contribution in [0.5, 0.6) is 0 Å². The van der Waals surface area contributed by atoms with Crippen molar-refractivity contribution in [2.24, 2.45) is 34.4 Å². The summed E-state index contributed by atoms with van der Waals surface area (Å²) in [5.41, 5.74) is 32.5. The lowest BCUT2D eigenvalue weighted by atomic mass is 10.3. The van der Waals surface area contributed by atoms with Gasteiger partial charge in [-0.15, -0.1) is 0 Å². The standard InChI is InChI=1S/C9H24N4.C6H18N4/c10-4-1-7-13(8-2-5-11)9-3-6-12;7-1-4-10(5-2-8)6-3-9/h1-12H2;1-9H2. The van der Waals surface area contributed by atoms with E-state index in [-0.39, 0.29) is 0 Å². The molecule has 0 aliphatic rings. The minimum atomic E-state index is 0.681. The highest BCUT2D eigenvalue weighted by Gasteiger charge is 2.02. The Morgan fingerprint density at radius 3 is 0.826 bits per heavy atom. The third kappa shape index (κ3) is 19.6. The summed E-state index contributed by atoms with van der Waals surface area (Å²) in [6.07, 6.45) is 3.19. The number of hydrogen-bond acceptors (Lipinski definition) is 8. The molecule has 0 heterocycles. The van der Waals surface area contributed by atoms with Gasteiger partial charge in [-0.05, 0) is 58.5 Å². The maximum absolute atomic E-state index is 5.46. The van der Waals surface area contributed by atoms with Crippen molar-refractivity contribution in [3.63, 3.8) is 0 Å². The second-order valence-corrected chi connectivity index (χ2v) is 5.48. The van der Waals surface area contributed by atoms with Crippen LogP contribution in [0.4, 0.5) is 0 Å². The largest absolute Gasteiger partial charge is 0.330 e. The molecule has 0 aromatic carbocycles. The Hall–Kier alpha value is -0.320. The molecule has 12 N–H and O–H groups in total. The molecular weight excluding hydrogens is 292 g/mol. The van der Waals surface area contributed by atoms with Gasteiger partial charge in [-0.1, -0.05) is 0 Å². The maximum Gasteiger partial charge on any atom is 0.0106 e. The van der Waals surface area contributed by atoms with E-state index in [0.717, 1.165) is 78.2 Å². The summed E-state index contributed by atoms with van der Waals surface area (Å²) < 4.78 is 0. The van der Waals surface area contributed by atoms with Crippen LogP contribution in [0.2, 0.25) is 0 Å². The second-order valence-electron chi connectivity index (χ2n) is 5.48. The Labute approximate surface area is 142 Å². The first-order valence-electron chi connectivity index (χ1n) is 8.85. The zero-order valence-electron chi connectivity index (χ0n) is 15.0. The van der Waals surface area contributed by atoms with E-state index >= 15 is 0 Å². The summed E-state index contributed by atoms with van der Waals surface area (Å²) >= 11 is 0. The average molecular weight is 335 g/mol. The van der Waals surface area contributed by atoms with Crippen molar-refractivity contribution in [3.8, 4) is 0 Å². The molecule has 8 heteroatoms. The molecule has 0 fully saturated rings. The fraction of sp³-hybridized carbons (Fsp3) is 1.00. The lowest BCUT2D eigenvalue weighted by Gasteiger charge is -2.21. The van der Waals surface area contributed by atoms with Gasteiger partial charge in [-0.3, -0.25) is 4.90 Å². The summed E-state index contributed by atoms with van der Waals surface area (Å²) in [6.45, 7) is 10.3. The molecule has 0 aliphatic carbocycles. The lowest BCUT2D eigenvalue weighted by Crippen LogP contribution is -2.37. The quantitative estimate of drug-likeness (QED) is 0.191. The van der Waals surface area contributed by atoms with Crippen LogP contribution in [-0.4, -0.2) is 88.3 Å². The van der Waals surface area contributed by atoms with Crippen molar-refractivity contribution in [2.45, 2.75) is 19.3 Å². The Kier molecular flexibility index (Phi) is 23.5. The van der Waals surface area contributed by atoms with Crippen LogP contribution in [0, 0.1) is 0 Å². The van der Waals surface area contributed by atoms with Gasteiger partial charge in [0.15, 0.2) is 0 Å². The second kappa shape index (κ2) is 21.7. The van der Waals surface area contributed by atoms with Gasteiger partial charge in [0, 0.05) is 39.3 Å². The number of hydrogen-bond donors (Lipinski definition) is 6. The Bertz CT molecular complexity index is 173. The van der Waals surface area contributed by atoms with Crippen molar-refractivity contribution in [2.75, 3.05) is 78.5 Å². The van der Waals surface area contributed by atoms with E-state index < -0.39 is 0 Å². The number of nitrogens with two attached hydrogens (primary N) is 6. The molecule has 0 aliphatic heterocycles. The van der Waals surface area contributed by atoms with Gasteiger partial charge >= 0.3 is 0 Å². The molecule has 0 unspecified atom stereocenters. The summed E-state index contributed by atoms with van der Waals surface area (Å²) in [6, 6.07) is 0. The molecule has 0 aromatic heterocycles. The molecule has 0 bridgehead atoms. The fourth-order valence-corrected chi connectivity index (χ4v) is 2.16. The molecule has 0 radical (unpaired) electrons. The minimum Gasteiger partial charge on any atom is -0.330 e. The first-order chi connectivity index (χ1) is 11.2. The number of rotatable bonds is 15. The Balaban J connectivity index is 0. The predicted molar refractivity (Wildman–Crippen MR) is 101 cm³/mol. The zero-order chi connectivity index (χ0) is 17.8. The van der Waals surface area contributed by atoms with Crippen LogP contribution < -0.4 is 34.4 Å². The van der Waals surface area contributed by atoms with Gasteiger partial charge in [-0.2, -0.15) is 0 Å². The van der Waals surface area contributed by atoms with Gasteiger partial charge in [0.05, 0.1) is 0 Å². The van der Waals surface area contributed by atoms with Gasteiger partial charge in [0.2, 0.25) is 0 Å². The smallest absolute Gasteiger partial charge is 0.0106 e. The van der Waals surface area contributed by atoms with Crippen LogP contribution in [-0.2, 0) is 0 Å². The van der Waals surface area contributed by atoms with Crippen molar-refractivity contribution in [3.05, 3.63) is 0 Å². The zero-order valence-corrected chi connectivity index (χ0v) is 15.0. The van der Waals surface area contributed by atoms with E-state index in [1.54, 1.807) is 0 Å². The van der Waals surface area contributed by atoms with Crippen LogP contribution in [0.3, 0.4) is 0 Å². The summed E-state index contributed by atoms with van der Waals surface area (Å²) in [5.74, 6) is 0. The molecule has 0 aromatic rings. The SMILES string of the molecule is NCCCN(CCCN)CCCN.NCCN(CCN)CCN. The van der Waals surface area contributed by atoms with Crippen molar-refractivity contribution < 1.29 is 0 Å². The molecular formula is C15H42N8. The monoisotopic (exact) mass is 334 g/mol. The molecule has 0 saturated heterocycles. The molecule has 142 valence electrons. The molecule has 0 rings (SSSR count). The van der Waals surface area contributed by atoms with Crippen molar-refractivity contribution in [1.29, 1.82) is 0 Å². The van der Waals surface area contributed by atoms with E-state index in [9.17, 15) is 0 Å². The van der Waals surface area contributed by atoms with Gasteiger partial charge in [0.1, 0.15) is 0 Å². The first kappa shape index (κ1) is 24.9. The van der Waals surface area contributed by atoms with Crippen LogP contribution in [0.15, 0.2) is 0 Å². The highest BCUT2D eigenvalue weighted by molar-refractivity contribution is 4.59. The van der Waals surface area contributed by atoms with Gasteiger partial charge in [-0.25, -0.2) is 0 Å². The van der Waals surface area contributed by atoms with Gasteiger partial charge in [0.25, 0.3) is 0 Å². The maximum atomic E-state index is 5.46. The summed E-state index contributed by atoms with van der Waals surface area (Å²) in [4.78, 5) is 4.56. The molecule has 23 heavy (non-hydrogen) atoms. The third-order valence-electron chi connectivity index (χ3n) is 3.37. The summed E-state index contributed by atoms with van der Waals surface area (Å²) in [5, 5.41) is 0. The van der Waals surface area contributed by atoms with E-state index in [2.05, 4.69) is 9.80 Å². The van der Waals surface area contributed by atoms with Crippen molar-refractivity contribution >= 4 is 0 Å². The molecule has 0 spiro atoms. The fourth-order valence-electron chi connectivity index (χ4n) is 2.16.